The van der Waals surface area contributed by atoms with Crippen LogP contribution in [-0.2, 0) is 5.60 Å². The average Bonchev–Trinajstić information content (AvgIpc) is 2.92. The number of carbonyl (C=O) groups excluding carboxylic acids is 1. The van der Waals surface area contributed by atoms with Gasteiger partial charge in [0.15, 0.2) is 5.58 Å². The van der Waals surface area contributed by atoms with Crippen molar-refractivity contribution in [2.45, 2.75) is 12.5 Å². The summed E-state index contributed by atoms with van der Waals surface area (Å²) in [6.45, 7) is 1.77. The van der Waals surface area contributed by atoms with Gasteiger partial charge in [-0.25, -0.2) is 0 Å². The van der Waals surface area contributed by atoms with Crippen molar-refractivity contribution in [3.05, 3.63) is 64.5 Å². The van der Waals surface area contributed by atoms with E-state index < -0.39 is 5.60 Å². The summed E-state index contributed by atoms with van der Waals surface area (Å²) in [7, 11) is 0. The molecule has 0 fully saturated rings. The third kappa shape index (κ3) is 3.33. The quantitative estimate of drug-likeness (QED) is 0.643. The molecule has 1 unspecified atom stereocenters. The minimum absolute atomic E-state index is 0.102. The van der Waals surface area contributed by atoms with Gasteiger partial charge in [0.2, 0.25) is 0 Å². The van der Waals surface area contributed by atoms with Crippen molar-refractivity contribution in [3.63, 3.8) is 0 Å². The van der Waals surface area contributed by atoms with Crippen LogP contribution in [0.3, 0.4) is 0 Å². The van der Waals surface area contributed by atoms with Gasteiger partial charge in [-0.15, -0.1) is 0 Å². The van der Waals surface area contributed by atoms with Crippen LogP contribution in [0, 0.1) is 4.84 Å². The van der Waals surface area contributed by atoms with Crippen molar-refractivity contribution in [1.82, 2.24) is 10.3 Å². The molecule has 3 rings (SSSR count). The summed E-state index contributed by atoms with van der Waals surface area (Å²) in [4.78, 5) is 15.4. The Morgan fingerprint density at radius 2 is 2.04 bits per heavy atom. The van der Waals surface area contributed by atoms with Gasteiger partial charge in [-0.1, -0.05) is 30.3 Å². The molecule has 3 N–H and O–H groups in total. The lowest BCUT2D eigenvalue weighted by Gasteiger charge is -2.24. The van der Waals surface area contributed by atoms with Crippen LogP contribution in [0.2, 0.25) is 0 Å². The smallest absolute Gasteiger partial charge is 0.266 e. The summed E-state index contributed by atoms with van der Waals surface area (Å²) in [5, 5.41) is 13.2. The topological polar surface area (TPSA) is 78.3 Å². The molecule has 3 aromatic rings. The number of nitrogens with one attached hydrogen (secondary N) is 2. The Bertz CT molecular complexity index is 897. The number of H-pyrrole nitrogens is 1. The molecule has 6 heteroatoms. The van der Waals surface area contributed by atoms with Crippen molar-refractivity contribution in [2.75, 3.05) is 6.54 Å². The van der Waals surface area contributed by atoms with Crippen LogP contribution >= 0.6 is 12.2 Å². The number of aromatic nitrogens is 1. The molecule has 23 heavy (non-hydrogen) atoms. The predicted molar refractivity (Wildman–Crippen MR) is 89.7 cm³/mol. The Hall–Kier alpha value is -2.44. The molecule has 0 saturated heterocycles. The van der Waals surface area contributed by atoms with E-state index in [-0.39, 0.29) is 17.3 Å². The highest BCUT2D eigenvalue weighted by Gasteiger charge is 2.23. The lowest BCUT2D eigenvalue weighted by Crippen LogP contribution is -2.38. The maximum absolute atomic E-state index is 12.3. The Kier molecular flexibility index (Phi) is 4.02. The molecule has 0 radical (unpaired) electrons. The standard InChI is InChI=1S/C17H16N2O3S/c1-17(21,12-5-3-2-4-6-12)10-18-15(20)11-7-8-13-14(9-11)22-16(23)19-13/h2-9,21H,10H2,1H3,(H,18,20)(H,19,23). The van der Waals surface area contributed by atoms with Crippen LogP contribution in [0.1, 0.15) is 22.8 Å². The van der Waals surface area contributed by atoms with Crippen LogP contribution in [0.5, 0.6) is 0 Å². The molecule has 118 valence electrons. The van der Waals surface area contributed by atoms with E-state index in [9.17, 15) is 9.90 Å². The van der Waals surface area contributed by atoms with Gasteiger partial charge in [0.25, 0.3) is 10.7 Å². The third-order valence-electron chi connectivity index (χ3n) is 3.67. The number of aliphatic hydroxyl groups is 1. The maximum Gasteiger partial charge on any atom is 0.266 e. The zero-order valence-corrected chi connectivity index (χ0v) is 13.3. The summed E-state index contributed by atoms with van der Waals surface area (Å²) < 4.78 is 5.30. The molecule has 5 nitrogen and oxygen atoms in total. The van der Waals surface area contributed by atoms with Crippen LogP contribution < -0.4 is 5.32 Å². The van der Waals surface area contributed by atoms with Crippen molar-refractivity contribution in [1.29, 1.82) is 0 Å². The van der Waals surface area contributed by atoms with Crippen molar-refractivity contribution >= 4 is 29.2 Å². The maximum atomic E-state index is 12.3. The summed E-state index contributed by atoms with van der Waals surface area (Å²) in [6, 6.07) is 14.2. The highest BCUT2D eigenvalue weighted by Crippen LogP contribution is 2.20. The fourth-order valence-corrected chi connectivity index (χ4v) is 2.54. The van der Waals surface area contributed by atoms with Gasteiger partial charge in [0, 0.05) is 5.56 Å². The third-order valence-corrected chi connectivity index (χ3v) is 3.86. The monoisotopic (exact) mass is 328 g/mol. The first-order valence-corrected chi connectivity index (χ1v) is 7.55. The predicted octanol–water partition coefficient (Wildman–Crippen LogP) is 3.13. The lowest BCUT2D eigenvalue weighted by atomic mass is 9.96. The molecule has 0 saturated carbocycles. The second-order valence-electron chi connectivity index (χ2n) is 5.55. The lowest BCUT2D eigenvalue weighted by molar-refractivity contribution is 0.0526. The molecule has 2 aromatic carbocycles. The SMILES string of the molecule is CC(O)(CNC(=O)c1ccc2[nH]c(=S)oc2c1)c1ccccc1. The zero-order valence-electron chi connectivity index (χ0n) is 12.5. The summed E-state index contributed by atoms with van der Waals surface area (Å²) in [5.74, 6) is -0.287. The van der Waals surface area contributed by atoms with Crippen molar-refractivity contribution < 1.29 is 14.3 Å². The number of rotatable bonds is 4. The first-order chi connectivity index (χ1) is 11.0. The molecule has 0 aliphatic carbocycles. The van der Waals surface area contributed by atoms with Crippen LogP contribution in [-0.4, -0.2) is 22.5 Å². The van der Waals surface area contributed by atoms with E-state index in [0.29, 0.717) is 11.1 Å². The molecular formula is C17H16N2O3S. The van der Waals surface area contributed by atoms with E-state index in [1.54, 1.807) is 25.1 Å². The Balaban J connectivity index is 1.74. The van der Waals surface area contributed by atoms with E-state index >= 15 is 0 Å². The Labute approximate surface area is 138 Å². The van der Waals surface area contributed by atoms with Crippen LogP contribution in [0.4, 0.5) is 0 Å². The normalized spacial score (nSPS) is 13.7. The number of aromatic amines is 1. The largest absolute Gasteiger partial charge is 0.429 e. The fourth-order valence-electron chi connectivity index (χ4n) is 2.34. The minimum Gasteiger partial charge on any atom is -0.429 e. The number of hydrogen-bond donors (Lipinski definition) is 3. The minimum atomic E-state index is -1.15. The van der Waals surface area contributed by atoms with E-state index in [1.165, 1.54) is 0 Å². The molecule has 1 aromatic heterocycles. The number of fused-ring (bicyclic) bond motifs is 1. The molecule has 0 aliphatic heterocycles. The second-order valence-corrected chi connectivity index (χ2v) is 5.92. The number of hydrogen-bond acceptors (Lipinski definition) is 4. The van der Waals surface area contributed by atoms with Gasteiger partial charge in [-0.05, 0) is 42.9 Å². The zero-order chi connectivity index (χ0) is 16.4. The molecule has 0 aliphatic rings. The molecule has 1 atom stereocenters. The van der Waals surface area contributed by atoms with Gasteiger partial charge in [-0.3, -0.25) is 4.79 Å². The van der Waals surface area contributed by atoms with Crippen LogP contribution in [0.15, 0.2) is 52.9 Å². The van der Waals surface area contributed by atoms with Gasteiger partial charge < -0.3 is 19.8 Å². The van der Waals surface area contributed by atoms with Gasteiger partial charge >= 0.3 is 0 Å². The van der Waals surface area contributed by atoms with E-state index in [0.717, 1.165) is 11.1 Å². The molecule has 0 bridgehead atoms. The number of amides is 1. The highest BCUT2D eigenvalue weighted by molar-refractivity contribution is 7.71. The van der Waals surface area contributed by atoms with E-state index in [1.807, 2.05) is 30.3 Å². The first kappa shape index (κ1) is 15.5. The highest BCUT2D eigenvalue weighted by atomic mass is 32.1. The van der Waals surface area contributed by atoms with Gasteiger partial charge in [0.1, 0.15) is 5.60 Å². The van der Waals surface area contributed by atoms with E-state index in [2.05, 4.69) is 10.3 Å². The summed E-state index contributed by atoms with van der Waals surface area (Å²) in [6.07, 6.45) is 0. The van der Waals surface area contributed by atoms with Gasteiger partial charge in [0.05, 0.1) is 12.1 Å². The molecular weight excluding hydrogens is 312 g/mol. The number of oxazole rings is 1. The van der Waals surface area contributed by atoms with E-state index in [4.69, 9.17) is 16.6 Å². The summed E-state index contributed by atoms with van der Waals surface area (Å²) >= 11 is 4.92. The van der Waals surface area contributed by atoms with Crippen molar-refractivity contribution in [2.24, 2.45) is 0 Å². The Morgan fingerprint density at radius 3 is 2.78 bits per heavy atom. The van der Waals surface area contributed by atoms with Crippen molar-refractivity contribution in [3.8, 4) is 0 Å². The number of carbonyl (C=O) groups is 1. The first-order valence-electron chi connectivity index (χ1n) is 7.15. The average molecular weight is 328 g/mol. The molecule has 1 amide bonds. The fraction of sp³-hybridized carbons (Fsp3) is 0.176. The van der Waals surface area contributed by atoms with Gasteiger partial charge in [-0.2, -0.15) is 0 Å². The number of benzene rings is 2. The summed E-state index contributed by atoms with van der Waals surface area (Å²) in [5.41, 5.74) is 1.30. The van der Waals surface area contributed by atoms with Crippen LogP contribution in [0.25, 0.3) is 11.1 Å². The molecule has 1 heterocycles. The second kappa shape index (κ2) is 5.98. The molecule has 0 spiro atoms. The Morgan fingerprint density at radius 1 is 1.30 bits per heavy atom.